The summed E-state index contributed by atoms with van der Waals surface area (Å²) in [6, 6.07) is 1.40. The predicted molar refractivity (Wildman–Crippen MR) is 69.2 cm³/mol. The molecular formula is C12H27NS. The lowest BCUT2D eigenvalue weighted by molar-refractivity contribution is 0.429. The van der Waals surface area contributed by atoms with Gasteiger partial charge in [0.05, 0.1) is 0 Å². The first kappa shape index (κ1) is 14.3. The zero-order valence-electron chi connectivity index (χ0n) is 10.3. The second-order valence-electron chi connectivity index (χ2n) is 4.12. The molecule has 0 saturated heterocycles. The Morgan fingerprint density at radius 2 is 1.93 bits per heavy atom. The summed E-state index contributed by atoms with van der Waals surface area (Å²) in [5, 5.41) is 3.71. The fourth-order valence-electron chi connectivity index (χ4n) is 1.67. The van der Waals surface area contributed by atoms with Crippen LogP contribution in [0.15, 0.2) is 0 Å². The van der Waals surface area contributed by atoms with Crippen molar-refractivity contribution in [3.8, 4) is 0 Å². The molecule has 0 saturated carbocycles. The van der Waals surface area contributed by atoms with E-state index in [1.807, 2.05) is 11.8 Å². The molecule has 0 aromatic carbocycles. The van der Waals surface area contributed by atoms with Crippen molar-refractivity contribution in [1.29, 1.82) is 0 Å². The van der Waals surface area contributed by atoms with E-state index in [0.29, 0.717) is 12.1 Å². The maximum atomic E-state index is 3.71. The van der Waals surface area contributed by atoms with E-state index in [4.69, 9.17) is 0 Å². The molecule has 14 heavy (non-hydrogen) atoms. The van der Waals surface area contributed by atoms with Crippen molar-refractivity contribution in [3.05, 3.63) is 0 Å². The Hall–Kier alpha value is 0.310. The van der Waals surface area contributed by atoms with Crippen molar-refractivity contribution in [2.45, 2.75) is 65.0 Å². The minimum atomic E-state index is 0.693. The van der Waals surface area contributed by atoms with Gasteiger partial charge in [0.25, 0.3) is 0 Å². The summed E-state index contributed by atoms with van der Waals surface area (Å²) in [4.78, 5) is 0. The van der Waals surface area contributed by atoms with E-state index in [2.05, 4.69) is 32.3 Å². The van der Waals surface area contributed by atoms with Crippen LogP contribution in [0.5, 0.6) is 0 Å². The summed E-state index contributed by atoms with van der Waals surface area (Å²) in [5.74, 6) is 1.24. The average molecular weight is 217 g/mol. The molecule has 0 bridgehead atoms. The first-order chi connectivity index (χ1) is 6.74. The predicted octanol–water partition coefficient (Wildman–Crippen LogP) is 3.69. The third-order valence-corrected chi connectivity index (χ3v) is 3.36. The van der Waals surface area contributed by atoms with E-state index in [1.54, 1.807) is 0 Å². The molecule has 2 unspecified atom stereocenters. The zero-order chi connectivity index (χ0) is 10.8. The number of unbranched alkanes of at least 4 members (excludes halogenated alkanes) is 2. The van der Waals surface area contributed by atoms with Crippen LogP contribution in [0.25, 0.3) is 0 Å². The van der Waals surface area contributed by atoms with Gasteiger partial charge in [0.1, 0.15) is 0 Å². The third-order valence-electron chi connectivity index (χ3n) is 2.62. The fraction of sp³-hybridized carbons (Fsp3) is 1.00. The Kier molecular flexibility index (Phi) is 10.1. The van der Waals surface area contributed by atoms with Crippen molar-refractivity contribution in [1.82, 2.24) is 5.32 Å². The maximum Gasteiger partial charge on any atom is 0.0157 e. The van der Waals surface area contributed by atoms with Crippen LogP contribution in [0.2, 0.25) is 0 Å². The highest BCUT2D eigenvalue weighted by Crippen LogP contribution is 2.07. The molecule has 1 N–H and O–H groups in total. The summed E-state index contributed by atoms with van der Waals surface area (Å²) in [7, 11) is 0. The number of rotatable bonds is 9. The van der Waals surface area contributed by atoms with Crippen LogP contribution in [-0.2, 0) is 0 Å². The number of nitrogens with one attached hydrogen (secondary N) is 1. The molecule has 0 aromatic rings. The molecule has 0 aromatic heterocycles. The lowest BCUT2D eigenvalue weighted by Crippen LogP contribution is -2.37. The van der Waals surface area contributed by atoms with Crippen LogP contribution in [-0.4, -0.2) is 24.1 Å². The lowest BCUT2D eigenvalue weighted by atomic mass is 10.1. The normalized spacial score (nSPS) is 15.4. The second-order valence-corrected chi connectivity index (χ2v) is 5.03. The largest absolute Gasteiger partial charge is 0.311 e. The maximum absolute atomic E-state index is 3.71. The molecule has 0 fully saturated rings. The molecular weight excluding hydrogens is 190 g/mol. The molecule has 2 atom stereocenters. The Balaban J connectivity index is 3.51. The summed E-state index contributed by atoms with van der Waals surface area (Å²) in [6.07, 6.45) is 8.85. The van der Waals surface area contributed by atoms with Crippen LogP contribution in [0, 0.1) is 0 Å². The van der Waals surface area contributed by atoms with Gasteiger partial charge in [0, 0.05) is 17.8 Å². The topological polar surface area (TPSA) is 12.0 Å². The lowest BCUT2D eigenvalue weighted by Gasteiger charge is -2.21. The number of hydrogen-bond donors (Lipinski definition) is 1. The molecule has 0 spiro atoms. The summed E-state index contributed by atoms with van der Waals surface area (Å²) in [6.45, 7) is 6.85. The van der Waals surface area contributed by atoms with Crippen molar-refractivity contribution in [2.75, 3.05) is 12.0 Å². The van der Waals surface area contributed by atoms with Crippen LogP contribution < -0.4 is 5.32 Å². The summed E-state index contributed by atoms with van der Waals surface area (Å²) >= 11 is 1.94. The van der Waals surface area contributed by atoms with Crippen LogP contribution >= 0.6 is 11.8 Å². The van der Waals surface area contributed by atoms with Gasteiger partial charge in [-0.25, -0.2) is 0 Å². The van der Waals surface area contributed by atoms with Gasteiger partial charge in [-0.2, -0.15) is 11.8 Å². The van der Waals surface area contributed by atoms with Gasteiger partial charge in [-0.15, -0.1) is 0 Å². The van der Waals surface area contributed by atoms with E-state index in [1.165, 1.54) is 37.9 Å². The molecule has 86 valence electrons. The van der Waals surface area contributed by atoms with Gasteiger partial charge in [0.2, 0.25) is 0 Å². The van der Waals surface area contributed by atoms with E-state index in [9.17, 15) is 0 Å². The zero-order valence-corrected chi connectivity index (χ0v) is 11.1. The first-order valence-corrected chi connectivity index (χ1v) is 7.38. The highest BCUT2D eigenvalue weighted by molar-refractivity contribution is 7.98. The van der Waals surface area contributed by atoms with Crippen LogP contribution in [0.1, 0.15) is 52.9 Å². The minimum absolute atomic E-state index is 0.693. The Morgan fingerprint density at radius 1 is 1.21 bits per heavy atom. The Labute approximate surface area is 94.4 Å². The smallest absolute Gasteiger partial charge is 0.0157 e. The highest BCUT2D eigenvalue weighted by Gasteiger charge is 2.08. The molecule has 0 heterocycles. The molecule has 2 heteroatoms. The molecule has 0 amide bonds. The standard InChI is InChI=1S/C12H27NS/c1-5-7-8-9-11(3)13-12(6-2)10-14-4/h11-13H,5-10H2,1-4H3. The molecule has 0 aliphatic rings. The van der Waals surface area contributed by atoms with E-state index in [0.717, 1.165) is 0 Å². The van der Waals surface area contributed by atoms with E-state index < -0.39 is 0 Å². The third kappa shape index (κ3) is 7.69. The van der Waals surface area contributed by atoms with E-state index >= 15 is 0 Å². The molecule has 0 rings (SSSR count). The van der Waals surface area contributed by atoms with Gasteiger partial charge in [-0.3, -0.25) is 0 Å². The number of thioether (sulfide) groups is 1. The highest BCUT2D eigenvalue weighted by atomic mass is 32.2. The molecule has 0 aliphatic carbocycles. The summed E-state index contributed by atoms with van der Waals surface area (Å²) < 4.78 is 0. The van der Waals surface area contributed by atoms with Crippen molar-refractivity contribution < 1.29 is 0 Å². The van der Waals surface area contributed by atoms with Crippen molar-refractivity contribution in [2.24, 2.45) is 0 Å². The monoisotopic (exact) mass is 217 g/mol. The minimum Gasteiger partial charge on any atom is -0.311 e. The SMILES string of the molecule is CCCCCC(C)NC(CC)CSC. The van der Waals surface area contributed by atoms with Gasteiger partial charge in [-0.05, 0) is 26.0 Å². The van der Waals surface area contributed by atoms with Gasteiger partial charge >= 0.3 is 0 Å². The Bertz CT molecular complexity index is 117. The summed E-state index contributed by atoms with van der Waals surface area (Å²) in [5.41, 5.74) is 0. The fourth-order valence-corrected chi connectivity index (χ4v) is 2.41. The quantitative estimate of drug-likeness (QED) is 0.591. The average Bonchev–Trinajstić information content (AvgIpc) is 2.17. The second kappa shape index (κ2) is 9.85. The van der Waals surface area contributed by atoms with Crippen LogP contribution in [0.3, 0.4) is 0 Å². The van der Waals surface area contributed by atoms with E-state index in [-0.39, 0.29) is 0 Å². The molecule has 0 radical (unpaired) electrons. The Morgan fingerprint density at radius 3 is 2.43 bits per heavy atom. The van der Waals surface area contributed by atoms with Gasteiger partial charge < -0.3 is 5.32 Å². The van der Waals surface area contributed by atoms with Crippen molar-refractivity contribution >= 4 is 11.8 Å². The van der Waals surface area contributed by atoms with Crippen molar-refractivity contribution in [3.63, 3.8) is 0 Å². The molecule has 1 nitrogen and oxygen atoms in total. The first-order valence-electron chi connectivity index (χ1n) is 5.99. The van der Waals surface area contributed by atoms with Gasteiger partial charge in [-0.1, -0.05) is 33.1 Å². The molecule has 0 aliphatic heterocycles. The number of hydrogen-bond acceptors (Lipinski definition) is 2. The van der Waals surface area contributed by atoms with Gasteiger partial charge in [0.15, 0.2) is 0 Å². The van der Waals surface area contributed by atoms with Crippen LogP contribution in [0.4, 0.5) is 0 Å².